The number of carboxylic acids is 1. The molecule has 2 aliphatic rings. The molecule has 2 saturated carbocycles. The van der Waals surface area contributed by atoms with Crippen LogP contribution in [-0.2, 0) is 25.6 Å². The summed E-state index contributed by atoms with van der Waals surface area (Å²) >= 11 is 0. The lowest BCUT2D eigenvalue weighted by Gasteiger charge is -2.33. The van der Waals surface area contributed by atoms with E-state index >= 15 is 0 Å². The Balaban J connectivity index is 1.57. The van der Waals surface area contributed by atoms with Crippen LogP contribution in [0.1, 0.15) is 70.0 Å². The first-order chi connectivity index (χ1) is 16.4. The van der Waals surface area contributed by atoms with Gasteiger partial charge in [0, 0.05) is 19.0 Å². The predicted molar refractivity (Wildman–Crippen MR) is 123 cm³/mol. The maximum absolute atomic E-state index is 13.6. The Morgan fingerprint density at radius 3 is 2.50 bits per heavy atom. The van der Waals surface area contributed by atoms with Crippen molar-refractivity contribution in [2.45, 2.75) is 82.7 Å². The van der Waals surface area contributed by atoms with E-state index in [-0.39, 0.29) is 31.0 Å². The topological polar surface area (TPSA) is 176 Å². The number of carbonyl (C=O) groups excluding carboxylic acids is 2. The molecule has 1 atom stereocenters. The lowest BCUT2D eigenvalue weighted by molar-refractivity contribution is -0.157. The van der Waals surface area contributed by atoms with Crippen LogP contribution in [0.5, 0.6) is 0 Å². The maximum atomic E-state index is 13.6. The fraction of sp³-hybridized carbons (Fsp3) is 0.773. The lowest BCUT2D eigenvalue weighted by atomic mass is 9.84. The van der Waals surface area contributed by atoms with Gasteiger partial charge in [-0.25, -0.2) is 4.79 Å². The Bertz CT molecular complexity index is 805. The normalized spacial score (nSPS) is 18.0. The zero-order chi connectivity index (χ0) is 24.3. The number of anilines is 1. The number of aromatic amines is 1. The van der Waals surface area contributed by atoms with Crippen LogP contribution in [0.2, 0.25) is 0 Å². The molecule has 6 N–H and O–H groups in total. The van der Waals surface area contributed by atoms with Crippen molar-refractivity contribution in [3.63, 3.8) is 0 Å². The van der Waals surface area contributed by atoms with Crippen LogP contribution in [-0.4, -0.2) is 74.8 Å². The van der Waals surface area contributed by atoms with Gasteiger partial charge in [-0.05, 0) is 25.2 Å². The minimum atomic E-state index is -1.01. The Morgan fingerprint density at radius 1 is 1.15 bits per heavy atom. The molecule has 1 amide bonds. The van der Waals surface area contributed by atoms with Crippen LogP contribution >= 0.6 is 0 Å². The van der Waals surface area contributed by atoms with E-state index in [0.29, 0.717) is 31.1 Å². The van der Waals surface area contributed by atoms with Gasteiger partial charge in [-0.15, -0.1) is 5.10 Å². The summed E-state index contributed by atoms with van der Waals surface area (Å²) in [5.41, 5.74) is 8.06. The maximum Gasteiger partial charge on any atom is 0.344 e. The number of nitrogens with zero attached hydrogens (tertiary/aromatic N) is 3. The van der Waals surface area contributed by atoms with Crippen molar-refractivity contribution in [1.29, 1.82) is 0 Å². The molecule has 12 nitrogen and oxygen atoms in total. The standard InChI is InChI=1S/C22H37N7O5/c23-22-26-18(27-28-22)10-11-25-34-20(32)14-29(16-8-4-5-9-16)21(33)17(24-13-19(30)31)12-15-6-2-1-3-7-15/h15-17,24-25H,1-14H2,(H,30,31)(H3,23,26,27,28)/t17-/m1/s1. The molecule has 1 heterocycles. The van der Waals surface area contributed by atoms with Crippen LogP contribution in [0, 0.1) is 5.92 Å². The van der Waals surface area contributed by atoms with E-state index in [1.807, 2.05) is 0 Å². The molecule has 1 aromatic heterocycles. The number of carboxylic acid groups (broad SMARTS) is 1. The van der Waals surface area contributed by atoms with Crippen LogP contribution in [0.3, 0.4) is 0 Å². The molecule has 0 unspecified atom stereocenters. The minimum Gasteiger partial charge on any atom is -0.480 e. The van der Waals surface area contributed by atoms with Crippen molar-refractivity contribution in [2.75, 3.05) is 25.4 Å². The zero-order valence-electron chi connectivity index (χ0n) is 19.6. The number of carbonyl (C=O) groups is 3. The first-order valence-electron chi connectivity index (χ1n) is 12.3. The quantitative estimate of drug-likeness (QED) is 0.200. The molecule has 0 aliphatic heterocycles. The minimum absolute atomic E-state index is 0.0438. The number of hydroxylamine groups is 1. The van der Waals surface area contributed by atoms with Crippen LogP contribution < -0.4 is 16.5 Å². The van der Waals surface area contributed by atoms with Gasteiger partial charge in [0.15, 0.2) is 0 Å². The summed E-state index contributed by atoms with van der Waals surface area (Å²) in [5.74, 6) is -0.685. The van der Waals surface area contributed by atoms with E-state index < -0.39 is 18.0 Å². The molecule has 0 aromatic carbocycles. The third-order valence-electron chi connectivity index (χ3n) is 6.64. The smallest absolute Gasteiger partial charge is 0.344 e. The second-order valence-electron chi connectivity index (χ2n) is 9.23. The largest absolute Gasteiger partial charge is 0.480 e. The fourth-order valence-corrected chi connectivity index (χ4v) is 4.94. The molecular formula is C22H37N7O5. The Morgan fingerprint density at radius 2 is 1.85 bits per heavy atom. The first-order valence-corrected chi connectivity index (χ1v) is 12.3. The number of H-pyrrole nitrogens is 1. The molecule has 2 aliphatic carbocycles. The number of aliphatic carboxylic acids is 1. The highest BCUT2D eigenvalue weighted by Crippen LogP contribution is 2.29. The highest BCUT2D eigenvalue weighted by molar-refractivity contribution is 5.86. The van der Waals surface area contributed by atoms with Gasteiger partial charge in [-0.2, -0.15) is 10.5 Å². The molecule has 3 rings (SSSR count). The average Bonchev–Trinajstić information content (AvgIpc) is 3.50. The number of nitrogens with two attached hydrogens (primary N) is 1. The number of rotatable bonds is 13. The first kappa shape index (κ1) is 25.9. The van der Waals surface area contributed by atoms with Crippen LogP contribution in [0.25, 0.3) is 0 Å². The van der Waals surface area contributed by atoms with E-state index in [4.69, 9.17) is 15.7 Å². The summed E-state index contributed by atoms with van der Waals surface area (Å²) in [6.07, 6.45) is 10.2. The molecule has 0 radical (unpaired) electrons. The van der Waals surface area contributed by atoms with Gasteiger partial charge in [0.05, 0.1) is 12.6 Å². The van der Waals surface area contributed by atoms with Gasteiger partial charge in [-0.3, -0.25) is 20.0 Å². The van der Waals surface area contributed by atoms with Crippen LogP contribution in [0.15, 0.2) is 0 Å². The van der Waals surface area contributed by atoms with E-state index in [1.165, 1.54) is 6.42 Å². The van der Waals surface area contributed by atoms with Crippen molar-refractivity contribution in [2.24, 2.45) is 5.92 Å². The Labute approximate surface area is 199 Å². The van der Waals surface area contributed by atoms with Crippen molar-refractivity contribution in [3.05, 3.63) is 5.82 Å². The number of hydrogen-bond acceptors (Lipinski definition) is 9. The van der Waals surface area contributed by atoms with Gasteiger partial charge in [0.1, 0.15) is 12.4 Å². The van der Waals surface area contributed by atoms with E-state index in [1.54, 1.807) is 4.90 Å². The van der Waals surface area contributed by atoms with Gasteiger partial charge < -0.3 is 20.6 Å². The van der Waals surface area contributed by atoms with E-state index in [0.717, 1.165) is 51.4 Å². The molecular weight excluding hydrogens is 442 g/mol. The number of amides is 1. The molecule has 12 heteroatoms. The average molecular weight is 480 g/mol. The summed E-state index contributed by atoms with van der Waals surface area (Å²) in [7, 11) is 0. The van der Waals surface area contributed by atoms with E-state index in [2.05, 4.69) is 26.0 Å². The molecule has 34 heavy (non-hydrogen) atoms. The predicted octanol–water partition coefficient (Wildman–Crippen LogP) is 0.762. The Kier molecular flexibility index (Phi) is 10.1. The summed E-state index contributed by atoms with van der Waals surface area (Å²) in [6.45, 7) is -0.163. The van der Waals surface area contributed by atoms with Gasteiger partial charge in [0.2, 0.25) is 11.9 Å². The summed E-state index contributed by atoms with van der Waals surface area (Å²) in [6, 6.07) is -0.671. The third kappa shape index (κ3) is 8.24. The molecule has 0 saturated heterocycles. The number of hydrogen-bond donors (Lipinski definition) is 5. The zero-order valence-corrected chi connectivity index (χ0v) is 19.6. The van der Waals surface area contributed by atoms with Crippen molar-refractivity contribution in [3.8, 4) is 0 Å². The van der Waals surface area contributed by atoms with Crippen molar-refractivity contribution >= 4 is 23.8 Å². The molecule has 0 bridgehead atoms. The van der Waals surface area contributed by atoms with E-state index in [9.17, 15) is 14.4 Å². The highest BCUT2D eigenvalue weighted by atomic mass is 16.7. The van der Waals surface area contributed by atoms with Gasteiger partial charge >= 0.3 is 11.9 Å². The van der Waals surface area contributed by atoms with Crippen LogP contribution in [0.4, 0.5) is 5.95 Å². The Hall–Kier alpha value is -2.73. The number of nitrogens with one attached hydrogen (secondary N) is 3. The van der Waals surface area contributed by atoms with Crippen molar-refractivity contribution < 1.29 is 24.3 Å². The number of aromatic nitrogens is 3. The third-order valence-corrected chi connectivity index (χ3v) is 6.64. The molecule has 1 aromatic rings. The van der Waals surface area contributed by atoms with Gasteiger partial charge in [0.25, 0.3) is 0 Å². The molecule has 190 valence electrons. The monoisotopic (exact) mass is 479 g/mol. The summed E-state index contributed by atoms with van der Waals surface area (Å²) < 4.78 is 0. The fourth-order valence-electron chi connectivity index (χ4n) is 4.94. The van der Waals surface area contributed by atoms with Crippen molar-refractivity contribution in [1.82, 2.24) is 30.9 Å². The SMILES string of the molecule is Nc1n[nH]c(CCNOC(=O)CN(C(=O)[C@@H](CC2CCCCC2)NCC(=O)O)C2CCCC2)n1. The van der Waals surface area contributed by atoms with Gasteiger partial charge in [-0.1, -0.05) is 44.9 Å². The lowest BCUT2D eigenvalue weighted by Crippen LogP contribution is -2.53. The highest BCUT2D eigenvalue weighted by Gasteiger charge is 2.34. The molecule has 0 spiro atoms. The summed E-state index contributed by atoms with van der Waals surface area (Å²) in [4.78, 5) is 48.0. The second kappa shape index (κ2) is 13.2. The molecule has 2 fully saturated rings. The number of nitrogen functional groups attached to an aromatic ring is 1. The second-order valence-corrected chi connectivity index (χ2v) is 9.23. The summed E-state index contributed by atoms with van der Waals surface area (Å²) in [5, 5.41) is 18.5.